The van der Waals surface area contributed by atoms with E-state index in [1.807, 2.05) is 17.5 Å². The summed E-state index contributed by atoms with van der Waals surface area (Å²) in [7, 11) is 1.53. The molecule has 0 bridgehead atoms. The summed E-state index contributed by atoms with van der Waals surface area (Å²) in [5.41, 5.74) is -1.17. The summed E-state index contributed by atoms with van der Waals surface area (Å²) in [6.07, 6.45) is 0. The van der Waals surface area contributed by atoms with Gasteiger partial charge in [0, 0.05) is 17.7 Å². The molecule has 0 unspecified atom stereocenters. The fourth-order valence-corrected chi connectivity index (χ4v) is 2.96. The van der Waals surface area contributed by atoms with Gasteiger partial charge in [-0.3, -0.25) is 4.79 Å². The minimum Gasteiger partial charge on any atom is -0.480 e. The van der Waals surface area contributed by atoms with E-state index in [-0.39, 0.29) is 5.91 Å². The Kier molecular flexibility index (Phi) is 5.22. The van der Waals surface area contributed by atoms with Gasteiger partial charge in [0.15, 0.2) is 0 Å². The third-order valence-corrected chi connectivity index (χ3v) is 4.81. The van der Waals surface area contributed by atoms with Gasteiger partial charge in [-0.25, -0.2) is 4.79 Å². The Balaban J connectivity index is 2.43. The Morgan fingerprint density at radius 3 is 2.67 bits per heavy atom. The Morgan fingerprint density at radius 2 is 2.17 bits per heavy atom. The van der Waals surface area contributed by atoms with Gasteiger partial charge < -0.3 is 10.0 Å². The molecule has 0 saturated heterocycles. The Morgan fingerprint density at radius 1 is 1.50 bits per heavy atom. The third-order valence-electron chi connectivity index (χ3n) is 2.79. The highest BCUT2D eigenvalue weighted by atomic mass is 32.2. The molecule has 0 aliphatic rings. The molecule has 0 atom stereocenters. The first-order chi connectivity index (χ1) is 8.35. The maximum atomic E-state index is 11.9. The van der Waals surface area contributed by atoms with Crippen LogP contribution < -0.4 is 0 Å². The summed E-state index contributed by atoms with van der Waals surface area (Å²) in [4.78, 5) is 25.4. The summed E-state index contributed by atoms with van der Waals surface area (Å²) in [6, 6.07) is 4.00. The molecule has 1 aromatic rings. The van der Waals surface area contributed by atoms with Gasteiger partial charge in [-0.05, 0) is 25.3 Å². The van der Waals surface area contributed by atoms with E-state index in [1.165, 1.54) is 42.4 Å². The number of nitrogens with zero attached hydrogens (tertiary/aromatic N) is 1. The van der Waals surface area contributed by atoms with Gasteiger partial charge >= 0.3 is 5.97 Å². The quantitative estimate of drug-likeness (QED) is 0.872. The molecule has 100 valence electrons. The van der Waals surface area contributed by atoms with Gasteiger partial charge in [0.1, 0.15) is 5.54 Å². The van der Waals surface area contributed by atoms with E-state index in [2.05, 4.69) is 0 Å². The molecule has 0 saturated carbocycles. The van der Waals surface area contributed by atoms with E-state index in [0.717, 1.165) is 5.75 Å². The van der Waals surface area contributed by atoms with Crippen molar-refractivity contribution >= 4 is 35.0 Å². The molecule has 1 heterocycles. The number of carboxylic acids is 1. The normalized spacial score (nSPS) is 11.3. The van der Waals surface area contributed by atoms with Crippen molar-refractivity contribution < 1.29 is 14.7 Å². The maximum Gasteiger partial charge on any atom is 0.329 e. The van der Waals surface area contributed by atoms with Crippen molar-refractivity contribution in [2.45, 2.75) is 25.1 Å². The predicted molar refractivity (Wildman–Crippen MR) is 75.0 cm³/mol. The molecule has 4 nitrogen and oxygen atoms in total. The van der Waals surface area contributed by atoms with Crippen molar-refractivity contribution in [3.63, 3.8) is 0 Å². The maximum absolute atomic E-state index is 11.9. The molecule has 18 heavy (non-hydrogen) atoms. The first-order valence-corrected chi connectivity index (χ1v) is 7.49. The van der Waals surface area contributed by atoms with Crippen LogP contribution in [0.1, 0.15) is 18.7 Å². The van der Waals surface area contributed by atoms with E-state index in [4.69, 9.17) is 5.11 Å². The van der Waals surface area contributed by atoms with Crippen LogP contribution in [0.4, 0.5) is 0 Å². The minimum atomic E-state index is -1.17. The van der Waals surface area contributed by atoms with Gasteiger partial charge in [-0.1, -0.05) is 6.07 Å². The molecule has 0 aromatic carbocycles. The number of aliphatic carboxylic acids is 1. The van der Waals surface area contributed by atoms with Gasteiger partial charge in [0.25, 0.3) is 0 Å². The zero-order valence-electron chi connectivity index (χ0n) is 10.7. The summed E-state index contributed by atoms with van der Waals surface area (Å²) < 4.78 is 0. The van der Waals surface area contributed by atoms with Crippen LogP contribution in [0.2, 0.25) is 0 Å². The van der Waals surface area contributed by atoms with Crippen molar-refractivity contribution in [2.24, 2.45) is 0 Å². The number of likely N-dealkylation sites (N-methyl/N-ethyl adjacent to an activating group) is 1. The van der Waals surface area contributed by atoms with Crippen molar-refractivity contribution in [1.29, 1.82) is 0 Å². The topological polar surface area (TPSA) is 57.6 Å². The molecule has 6 heteroatoms. The molecule has 1 N–H and O–H groups in total. The minimum absolute atomic E-state index is 0.163. The van der Waals surface area contributed by atoms with E-state index < -0.39 is 11.5 Å². The van der Waals surface area contributed by atoms with Gasteiger partial charge in [-0.2, -0.15) is 0 Å². The lowest BCUT2D eigenvalue weighted by Crippen LogP contribution is -2.51. The molecule has 0 aliphatic carbocycles. The highest BCUT2D eigenvalue weighted by Gasteiger charge is 2.34. The van der Waals surface area contributed by atoms with Crippen molar-refractivity contribution in [3.8, 4) is 0 Å². The highest BCUT2D eigenvalue weighted by molar-refractivity contribution is 7.99. The lowest BCUT2D eigenvalue weighted by Gasteiger charge is -2.31. The fourth-order valence-electron chi connectivity index (χ4n) is 1.19. The Labute approximate surface area is 115 Å². The summed E-state index contributed by atoms with van der Waals surface area (Å²) in [5, 5.41) is 11.0. The van der Waals surface area contributed by atoms with Gasteiger partial charge in [0.2, 0.25) is 5.91 Å². The van der Waals surface area contributed by atoms with E-state index in [1.54, 1.807) is 11.3 Å². The van der Waals surface area contributed by atoms with E-state index >= 15 is 0 Å². The predicted octanol–water partition coefficient (Wildman–Crippen LogP) is 2.30. The molecule has 1 amide bonds. The first kappa shape index (κ1) is 15.0. The van der Waals surface area contributed by atoms with Gasteiger partial charge in [0.05, 0.1) is 5.75 Å². The number of hydrogen-bond donors (Lipinski definition) is 1. The Hall–Kier alpha value is -1.01. The average Bonchev–Trinajstić information content (AvgIpc) is 2.80. The summed E-state index contributed by atoms with van der Waals surface area (Å²) in [6.45, 7) is 3.05. The van der Waals surface area contributed by atoms with Crippen LogP contribution in [0, 0.1) is 0 Å². The van der Waals surface area contributed by atoms with Crippen LogP contribution >= 0.6 is 23.1 Å². The molecule has 0 radical (unpaired) electrons. The number of thioether (sulfide) groups is 1. The molecule has 0 aliphatic heterocycles. The van der Waals surface area contributed by atoms with E-state index in [0.29, 0.717) is 5.75 Å². The number of thiophene rings is 1. The number of carboxylic acid groups (broad SMARTS) is 1. The van der Waals surface area contributed by atoms with Crippen LogP contribution in [0.15, 0.2) is 17.5 Å². The lowest BCUT2D eigenvalue weighted by atomic mass is 10.0. The zero-order valence-corrected chi connectivity index (χ0v) is 12.3. The number of amides is 1. The monoisotopic (exact) mass is 287 g/mol. The second-order valence-electron chi connectivity index (χ2n) is 4.39. The van der Waals surface area contributed by atoms with Crippen molar-refractivity contribution in [1.82, 2.24) is 4.90 Å². The largest absolute Gasteiger partial charge is 0.480 e. The summed E-state index contributed by atoms with van der Waals surface area (Å²) in [5.74, 6) is -0.0823. The Bertz CT molecular complexity index is 415. The molecule has 0 fully saturated rings. The number of carbonyl (C=O) groups is 2. The van der Waals surface area contributed by atoms with Crippen LogP contribution in [0.5, 0.6) is 0 Å². The third kappa shape index (κ3) is 3.74. The average molecular weight is 287 g/mol. The zero-order chi connectivity index (χ0) is 13.8. The lowest BCUT2D eigenvalue weighted by molar-refractivity contribution is -0.154. The van der Waals surface area contributed by atoms with Gasteiger partial charge in [-0.15, -0.1) is 23.1 Å². The second kappa shape index (κ2) is 6.24. The molecular weight excluding hydrogens is 270 g/mol. The van der Waals surface area contributed by atoms with Crippen LogP contribution in [0.3, 0.4) is 0 Å². The summed E-state index contributed by atoms with van der Waals surface area (Å²) >= 11 is 3.16. The first-order valence-electron chi connectivity index (χ1n) is 5.46. The number of carbonyl (C=O) groups excluding carboxylic acids is 1. The smallest absolute Gasteiger partial charge is 0.329 e. The standard InChI is InChI=1S/C12H17NO3S2/c1-12(2,11(15)16)13(3)10(14)8-17-7-9-5-4-6-18-9/h4-6H,7-8H2,1-3H3,(H,15,16). The SMILES string of the molecule is CN(C(=O)CSCc1cccs1)C(C)(C)C(=O)O. The van der Waals surface area contributed by atoms with Crippen LogP contribution in [-0.2, 0) is 15.3 Å². The number of hydrogen-bond acceptors (Lipinski definition) is 4. The number of rotatable bonds is 6. The fraction of sp³-hybridized carbons (Fsp3) is 0.500. The van der Waals surface area contributed by atoms with E-state index in [9.17, 15) is 9.59 Å². The highest BCUT2D eigenvalue weighted by Crippen LogP contribution is 2.19. The molecule has 1 rings (SSSR count). The second-order valence-corrected chi connectivity index (χ2v) is 6.41. The van der Waals surface area contributed by atoms with Crippen LogP contribution in [0.25, 0.3) is 0 Å². The van der Waals surface area contributed by atoms with Crippen molar-refractivity contribution in [2.75, 3.05) is 12.8 Å². The van der Waals surface area contributed by atoms with Crippen molar-refractivity contribution in [3.05, 3.63) is 22.4 Å². The van der Waals surface area contributed by atoms with Crippen LogP contribution in [-0.4, -0.2) is 40.2 Å². The molecule has 1 aromatic heterocycles. The molecule has 0 spiro atoms. The molecular formula is C12H17NO3S2.